The van der Waals surface area contributed by atoms with Crippen LogP contribution in [-0.2, 0) is 29.3 Å². The van der Waals surface area contributed by atoms with Crippen LogP contribution in [-0.4, -0.2) is 20.4 Å². The fourth-order valence-electron chi connectivity index (χ4n) is 2.98. The molecule has 0 unspecified atom stereocenters. The van der Waals surface area contributed by atoms with Crippen molar-refractivity contribution < 1.29 is 9.53 Å². The maximum absolute atomic E-state index is 11.1. The molecule has 2 heterocycles. The predicted octanol–water partition coefficient (Wildman–Crippen LogP) is 3.83. The van der Waals surface area contributed by atoms with Crippen molar-refractivity contribution in [2.24, 2.45) is 0 Å². The van der Waals surface area contributed by atoms with E-state index >= 15 is 0 Å². The van der Waals surface area contributed by atoms with Gasteiger partial charge in [-0.1, -0.05) is 18.2 Å². The van der Waals surface area contributed by atoms with Crippen molar-refractivity contribution >= 4 is 28.3 Å². The molecular weight excluding hydrogens is 372 g/mol. The highest BCUT2D eigenvalue weighted by molar-refractivity contribution is 7.09. The molecule has 0 aliphatic carbocycles. The number of fused-ring (bicyclic) bond motifs is 1. The normalized spacial score (nSPS) is 11.0. The van der Waals surface area contributed by atoms with E-state index < -0.39 is 0 Å². The largest absolute Gasteiger partial charge is 0.370 e. The van der Waals surface area contributed by atoms with Crippen molar-refractivity contribution in [3.8, 4) is 5.69 Å². The third-order valence-electron chi connectivity index (χ3n) is 4.32. The summed E-state index contributed by atoms with van der Waals surface area (Å²) in [6.07, 6.45) is 3.61. The maximum Gasteiger partial charge on any atom is 0.217 e. The van der Waals surface area contributed by atoms with Gasteiger partial charge in [-0.05, 0) is 35.4 Å². The van der Waals surface area contributed by atoms with E-state index in [1.54, 1.807) is 17.5 Å². The lowest BCUT2D eigenvalue weighted by atomic mass is 10.2. The molecular formula is C21H20N4O2S. The highest BCUT2D eigenvalue weighted by Gasteiger charge is 2.07. The summed E-state index contributed by atoms with van der Waals surface area (Å²) in [5.74, 6) is -0.0421. The zero-order chi connectivity index (χ0) is 19.3. The van der Waals surface area contributed by atoms with E-state index in [0.717, 1.165) is 32.9 Å². The standard InChI is InChI=1S/C21H20N4O2S/c1-15(26)23-11-16-5-6-20-19(10-16)24-14-25(20)18-4-2-3-17(9-18)12-27-13-21-22-7-8-28-21/h2-10,14H,11-13H2,1H3,(H,23,26). The third kappa shape index (κ3) is 4.27. The van der Waals surface area contributed by atoms with Crippen LogP contribution in [0, 0.1) is 0 Å². The molecule has 28 heavy (non-hydrogen) atoms. The van der Waals surface area contributed by atoms with Crippen LogP contribution < -0.4 is 5.32 Å². The van der Waals surface area contributed by atoms with Crippen LogP contribution in [0.2, 0.25) is 0 Å². The Balaban J connectivity index is 1.50. The molecule has 4 aromatic rings. The summed E-state index contributed by atoms with van der Waals surface area (Å²) in [5.41, 5.74) is 5.07. The summed E-state index contributed by atoms with van der Waals surface area (Å²) in [6, 6.07) is 14.3. The first-order chi connectivity index (χ1) is 13.7. The molecule has 6 nitrogen and oxygen atoms in total. The third-order valence-corrected chi connectivity index (χ3v) is 5.07. The molecule has 0 bridgehead atoms. The number of thiazole rings is 1. The number of nitrogens with one attached hydrogen (secondary N) is 1. The number of rotatable bonds is 7. The number of hydrogen-bond acceptors (Lipinski definition) is 5. The molecule has 0 atom stereocenters. The molecule has 0 aliphatic rings. The monoisotopic (exact) mass is 392 g/mol. The predicted molar refractivity (Wildman–Crippen MR) is 109 cm³/mol. The number of nitrogens with zero attached hydrogens (tertiary/aromatic N) is 3. The Labute approximate surface area is 166 Å². The Bertz CT molecular complexity index is 1090. The Morgan fingerprint density at radius 3 is 2.89 bits per heavy atom. The van der Waals surface area contributed by atoms with Gasteiger partial charge in [-0.2, -0.15) is 0 Å². The smallest absolute Gasteiger partial charge is 0.217 e. The fraction of sp³-hybridized carbons (Fsp3) is 0.190. The van der Waals surface area contributed by atoms with Crippen LogP contribution in [0.25, 0.3) is 16.7 Å². The van der Waals surface area contributed by atoms with E-state index in [9.17, 15) is 4.79 Å². The molecule has 4 rings (SSSR count). The van der Waals surface area contributed by atoms with Gasteiger partial charge < -0.3 is 10.1 Å². The van der Waals surface area contributed by atoms with Crippen molar-refractivity contribution in [1.82, 2.24) is 19.9 Å². The first-order valence-corrected chi connectivity index (χ1v) is 9.83. The molecule has 2 aromatic heterocycles. The van der Waals surface area contributed by atoms with Gasteiger partial charge in [0.1, 0.15) is 11.3 Å². The minimum Gasteiger partial charge on any atom is -0.370 e. The number of aromatic nitrogens is 3. The quantitative estimate of drug-likeness (QED) is 0.519. The van der Waals surface area contributed by atoms with Gasteiger partial charge in [0.2, 0.25) is 5.91 Å². The van der Waals surface area contributed by atoms with Crippen molar-refractivity contribution in [3.63, 3.8) is 0 Å². The van der Waals surface area contributed by atoms with Crippen LogP contribution >= 0.6 is 11.3 Å². The van der Waals surface area contributed by atoms with Crippen LogP contribution in [0.15, 0.2) is 60.4 Å². The molecule has 7 heteroatoms. The topological polar surface area (TPSA) is 69.0 Å². The number of carbonyl (C=O) groups excluding carboxylic acids is 1. The average Bonchev–Trinajstić information content (AvgIpc) is 3.36. The summed E-state index contributed by atoms with van der Waals surface area (Å²) in [7, 11) is 0. The number of imidazole rings is 1. The van der Waals surface area contributed by atoms with Gasteiger partial charge >= 0.3 is 0 Å². The van der Waals surface area contributed by atoms with Crippen LogP contribution in [0.1, 0.15) is 23.1 Å². The maximum atomic E-state index is 11.1. The van der Waals surface area contributed by atoms with Crippen molar-refractivity contribution in [2.45, 2.75) is 26.7 Å². The molecule has 0 saturated heterocycles. The molecule has 0 saturated carbocycles. The van der Waals surface area contributed by atoms with Gasteiger partial charge in [0.25, 0.3) is 0 Å². The van der Waals surface area contributed by atoms with Crippen LogP contribution in [0.3, 0.4) is 0 Å². The Morgan fingerprint density at radius 1 is 1.14 bits per heavy atom. The van der Waals surface area contributed by atoms with Gasteiger partial charge in [0, 0.05) is 30.7 Å². The average molecular weight is 392 g/mol. The number of ether oxygens (including phenoxy) is 1. The summed E-state index contributed by atoms with van der Waals surface area (Å²) in [6.45, 7) is 3.07. The SMILES string of the molecule is CC(=O)NCc1ccc2c(c1)ncn2-c1cccc(COCc2nccs2)c1. The first-order valence-electron chi connectivity index (χ1n) is 8.95. The zero-order valence-electron chi connectivity index (χ0n) is 15.5. The number of carbonyl (C=O) groups is 1. The Kier molecular flexibility index (Phi) is 5.45. The lowest BCUT2D eigenvalue weighted by Crippen LogP contribution is -2.18. The van der Waals surface area contributed by atoms with Gasteiger partial charge in [-0.15, -0.1) is 11.3 Å². The number of amides is 1. The van der Waals surface area contributed by atoms with Crippen molar-refractivity contribution in [1.29, 1.82) is 0 Å². The second kappa shape index (κ2) is 8.33. The summed E-state index contributed by atoms with van der Waals surface area (Å²) < 4.78 is 7.83. The van der Waals surface area contributed by atoms with Gasteiger partial charge in [0.15, 0.2) is 0 Å². The summed E-state index contributed by atoms with van der Waals surface area (Å²) in [4.78, 5) is 19.8. The molecule has 0 spiro atoms. The molecule has 142 valence electrons. The van der Waals surface area contributed by atoms with Crippen molar-refractivity contribution in [2.75, 3.05) is 0 Å². The zero-order valence-corrected chi connectivity index (χ0v) is 16.3. The van der Waals surface area contributed by atoms with E-state index in [1.165, 1.54) is 6.92 Å². The van der Waals surface area contributed by atoms with E-state index in [2.05, 4.69) is 38.1 Å². The summed E-state index contributed by atoms with van der Waals surface area (Å²) >= 11 is 1.60. The van der Waals surface area contributed by atoms with Crippen LogP contribution in [0.4, 0.5) is 0 Å². The van der Waals surface area contributed by atoms with E-state index in [1.807, 2.05) is 36.0 Å². The minimum atomic E-state index is -0.0421. The second-order valence-electron chi connectivity index (χ2n) is 6.44. The highest BCUT2D eigenvalue weighted by Crippen LogP contribution is 2.21. The molecule has 2 aromatic carbocycles. The minimum absolute atomic E-state index is 0.0421. The lowest BCUT2D eigenvalue weighted by molar-refractivity contribution is -0.119. The first kappa shape index (κ1) is 18.3. The van der Waals surface area contributed by atoms with Crippen molar-refractivity contribution in [3.05, 3.63) is 76.5 Å². The van der Waals surface area contributed by atoms with Gasteiger partial charge in [-0.3, -0.25) is 9.36 Å². The molecule has 1 amide bonds. The Morgan fingerprint density at radius 2 is 2.07 bits per heavy atom. The lowest BCUT2D eigenvalue weighted by Gasteiger charge is -2.08. The van der Waals surface area contributed by atoms with E-state index in [-0.39, 0.29) is 5.91 Å². The van der Waals surface area contributed by atoms with Gasteiger partial charge in [0.05, 0.1) is 24.2 Å². The number of hydrogen-bond donors (Lipinski definition) is 1. The molecule has 0 aliphatic heterocycles. The summed E-state index contributed by atoms with van der Waals surface area (Å²) in [5, 5.41) is 5.74. The molecule has 0 radical (unpaired) electrons. The molecule has 1 N–H and O–H groups in total. The van der Waals surface area contributed by atoms with E-state index in [4.69, 9.17) is 4.74 Å². The van der Waals surface area contributed by atoms with Gasteiger partial charge in [-0.25, -0.2) is 9.97 Å². The number of benzene rings is 2. The molecule has 0 fully saturated rings. The fourth-order valence-corrected chi connectivity index (χ4v) is 3.53. The van der Waals surface area contributed by atoms with E-state index in [0.29, 0.717) is 19.8 Å². The van der Waals surface area contributed by atoms with Crippen LogP contribution in [0.5, 0.6) is 0 Å². The second-order valence-corrected chi connectivity index (χ2v) is 7.42. The highest BCUT2D eigenvalue weighted by atomic mass is 32.1. The Hall–Kier alpha value is -3.03.